The number of aromatic nitrogens is 4. The highest BCUT2D eigenvalue weighted by molar-refractivity contribution is 5.80. The minimum atomic E-state index is -0.431. The quantitative estimate of drug-likeness (QED) is 0.403. The maximum Gasteiger partial charge on any atom is 0.263 e. The topological polar surface area (TPSA) is 98.2 Å². The summed E-state index contributed by atoms with van der Waals surface area (Å²) in [5, 5.41) is 15.8. The Morgan fingerprint density at radius 2 is 1.90 bits per heavy atom. The Kier molecular flexibility index (Phi) is 5.19. The lowest BCUT2D eigenvalue weighted by Gasteiger charge is -1.98. The van der Waals surface area contributed by atoms with Crippen molar-refractivity contribution in [2.24, 2.45) is 5.10 Å². The Bertz CT molecular complexity index is 1150. The summed E-state index contributed by atoms with van der Waals surface area (Å²) in [4.78, 5) is 13.2. The molecule has 0 unspecified atom stereocenters. The number of hydrazone groups is 1. The van der Waals surface area contributed by atoms with Crippen LogP contribution in [0, 0.1) is 5.82 Å². The van der Waals surface area contributed by atoms with E-state index in [-0.39, 0.29) is 12.4 Å². The van der Waals surface area contributed by atoms with Crippen LogP contribution in [0.2, 0.25) is 0 Å². The van der Waals surface area contributed by atoms with Crippen molar-refractivity contribution in [2.45, 2.75) is 6.54 Å². The summed E-state index contributed by atoms with van der Waals surface area (Å²) >= 11 is 0. The summed E-state index contributed by atoms with van der Waals surface area (Å²) in [5.74, 6) is 0.357. The van der Waals surface area contributed by atoms with Crippen LogP contribution in [-0.2, 0) is 11.3 Å². The van der Waals surface area contributed by atoms with Gasteiger partial charge in [-0.15, -0.1) is 10.2 Å². The minimum Gasteiger partial charge on any atom is -0.455 e. The number of furan rings is 1. The molecule has 4 aromatic rings. The molecule has 8 nitrogen and oxygen atoms in total. The highest BCUT2D eigenvalue weighted by Gasteiger charge is 2.10. The molecule has 0 aliphatic heterocycles. The van der Waals surface area contributed by atoms with Crippen molar-refractivity contribution in [2.75, 3.05) is 0 Å². The van der Waals surface area contributed by atoms with Gasteiger partial charge in [-0.25, -0.2) is 9.82 Å². The molecule has 9 heteroatoms. The van der Waals surface area contributed by atoms with Crippen molar-refractivity contribution in [1.29, 1.82) is 0 Å². The second kappa shape index (κ2) is 8.26. The third-order valence-corrected chi connectivity index (χ3v) is 3.92. The van der Waals surface area contributed by atoms with Crippen molar-refractivity contribution in [3.8, 4) is 22.7 Å². The van der Waals surface area contributed by atoms with E-state index in [4.69, 9.17) is 4.42 Å². The van der Waals surface area contributed by atoms with Crippen molar-refractivity contribution >= 4 is 12.1 Å². The Hall–Kier alpha value is -4.14. The van der Waals surface area contributed by atoms with Crippen LogP contribution in [0.15, 0.2) is 76.2 Å². The van der Waals surface area contributed by atoms with Crippen LogP contribution < -0.4 is 5.43 Å². The van der Waals surface area contributed by atoms with Gasteiger partial charge in [0.15, 0.2) is 0 Å². The fraction of sp³-hybridized carbons (Fsp3) is 0.0500. The SMILES string of the molecule is O=C(Cn1nnc(-c2ccccc2)n1)N/N=C\c1ccc(-c2ccccc2F)o1. The maximum atomic E-state index is 13.8. The summed E-state index contributed by atoms with van der Waals surface area (Å²) in [6.07, 6.45) is 1.33. The van der Waals surface area contributed by atoms with Gasteiger partial charge in [-0.2, -0.15) is 9.90 Å². The van der Waals surface area contributed by atoms with Gasteiger partial charge in [0.05, 0.1) is 11.8 Å². The van der Waals surface area contributed by atoms with Crippen molar-refractivity contribution in [3.05, 3.63) is 78.3 Å². The molecular formula is C20H15FN6O2. The molecule has 4 rings (SSSR count). The summed E-state index contributed by atoms with van der Waals surface area (Å²) < 4.78 is 19.3. The predicted molar refractivity (Wildman–Crippen MR) is 103 cm³/mol. The molecule has 2 aromatic carbocycles. The number of rotatable bonds is 6. The van der Waals surface area contributed by atoms with Crippen LogP contribution in [-0.4, -0.2) is 32.3 Å². The molecule has 29 heavy (non-hydrogen) atoms. The number of nitrogens with zero attached hydrogens (tertiary/aromatic N) is 5. The lowest BCUT2D eigenvalue weighted by molar-refractivity contribution is -0.122. The second-order valence-corrected chi connectivity index (χ2v) is 5.98. The number of carbonyl (C=O) groups is 1. The molecule has 1 amide bonds. The molecule has 0 radical (unpaired) electrons. The van der Waals surface area contributed by atoms with E-state index in [1.165, 1.54) is 17.1 Å². The van der Waals surface area contributed by atoms with E-state index in [2.05, 4.69) is 25.9 Å². The Labute approximate surface area is 164 Å². The smallest absolute Gasteiger partial charge is 0.263 e. The minimum absolute atomic E-state index is 0.143. The summed E-state index contributed by atoms with van der Waals surface area (Å²) in [6.45, 7) is -0.143. The zero-order valence-electron chi connectivity index (χ0n) is 15.1. The van der Waals surface area contributed by atoms with Gasteiger partial charge in [0.25, 0.3) is 5.91 Å². The predicted octanol–water partition coefficient (Wildman–Crippen LogP) is 2.89. The van der Waals surface area contributed by atoms with Gasteiger partial charge in [-0.1, -0.05) is 42.5 Å². The molecule has 0 aliphatic carbocycles. The molecule has 0 spiro atoms. The molecule has 0 bridgehead atoms. The zero-order chi connectivity index (χ0) is 20.1. The van der Waals surface area contributed by atoms with E-state index in [1.54, 1.807) is 30.3 Å². The molecule has 144 valence electrons. The highest BCUT2D eigenvalue weighted by atomic mass is 19.1. The lowest BCUT2D eigenvalue weighted by Crippen LogP contribution is -2.24. The molecule has 0 saturated heterocycles. The number of tetrazole rings is 1. The number of benzene rings is 2. The maximum absolute atomic E-state index is 13.8. The van der Waals surface area contributed by atoms with Gasteiger partial charge in [0.1, 0.15) is 23.9 Å². The number of carbonyl (C=O) groups excluding carboxylic acids is 1. The van der Waals surface area contributed by atoms with Crippen LogP contribution in [0.3, 0.4) is 0 Å². The van der Waals surface area contributed by atoms with Gasteiger partial charge in [0, 0.05) is 5.56 Å². The highest BCUT2D eigenvalue weighted by Crippen LogP contribution is 2.24. The number of amides is 1. The van der Waals surface area contributed by atoms with Crippen molar-refractivity contribution < 1.29 is 13.6 Å². The van der Waals surface area contributed by atoms with Crippen molar-refractivity contribution in [1.82, 2.24) is 25.6 Å². The fourth-order valence-electron chi connectivity index (χ4n) is 2.57. The molecule has 0 aliphatic rings. The number of hydrogen-bond acceptors (Lipinski definition) is 6. The second-order valence-electron chi connectivity index (χ2n) is 5.98. The van der Waals surface area contributed by atoms with E-state index in [0.717, 1.165) is 5.56 Å². The number of nitrogens with one attached hydrogen (secondary N) is 1. The van der Waals surface area contributed by atoms with Gasteiger partial charge in [-0.05, 0) is 29.5 Å². The largest absolute Gasteiger partial charge is 0.455 e. The molecule has 2 aromatic heterocycles. The fourth-order valence-corrected chi connectivity index (χ4v) is 2.57. The van der Waals surface area contributed by atoms with Crippen molar-refractivity contribution in [3.63, 3.8) is 0 Å². The Balaban J connectivity index is 1.34. The van der Waals surface area contributed by atoms with Crippen LogP contribution in [0.25, 0.3) is 22.7 Å². The van der Waals surface area contributed by atoms with E-state index >= 15 is 0 Å². The third-order valence-electron chi connectivity index (χ3n) is 3.92. The molecule has 0 saturated carbocycles. The summed E-state index contributed by atoms with van der Waals surface area (Å²) in [6, 6.07) is 18.9. The van der Waals surface area contributed by atoms with Crippen LogP contribution in [0.4, 0.5) is 4.39 Å². The first-order valence-corrected chi connectivity index (χ1v) is 8.69. The average Bonchev–Trinajstić information content (AvgIpc) is 3.39. The molecule has 1 N–H and O–H groups in total. The number of hydrogen-bond donors (Lipinski definition) is 1. The van der Waals surface area contributed by atoms with Gasteiger partial charge < -0.3 is 4.42 Å². The van der Waals surface area contributed by atoms with Gasteiger partial charge >= 0.3 is 0 Å². The first-order valence-electron chi connectivity index (χ1n) is 8.69. The van der Waals surface area contributed by atoms with Crippen LogP contribution >= 0.6 is 0 Å². The zero-order valence-corrected chi connectivity index (χ0v) is 15.1. The van der Waals surface area contributed by atoms with E-state index < -0.39 is 5.91 Å². The lowest BCUT2D eigenvalue weighted by atomic mass is 10.1. The molecule has 0 atom stereocenters. The molecular weight excluding hydrogens is 375 g/mol. The van der Waals surface area contributed by atoms with Gasteiger partial charge in [-0.3, -0.25) is 4.79 Å². The van der Waals surface area contributed by atoms with Gasteiger partial charge in [0.2, 0.25) is 5.82 Å². The molecule has 2 heterocycles. The van der Waals surface area contributed by atoms with E-state index in [9.17, 15) is 9.18 Å². The average molecular weight is 390 g/mol. The first-order chi connectivity index (χ1) is 14.2. The number of halogens is 1. The standard InChI is InChI=1S/C20H15FN6O2/c21-17-9-5-4-8-16(17)18-11-10-15(29-18)12-22-23-19(28)13-27-25-20(24-26-27)14-6-2-1-3-7-14/h1-12H,13H2,(H,23,28)/b22-12-. The Morgan fingerprint density at radius 1 is 1.10 bits per heavy atom. The van der Waals surface area contributed by atoms with E-state index in [1.807, 2.05) is 30.3 Å². The summed E-state index contributed by atoms with van der Waals surface area (Å²) in [7, 11) is 0. The molecule has 0 fully saturated rings. The van der Waals surface area contributed by atoms with E-state index in [0.29, 0.717) is 22.9 Å². The van der Waals surface area contributed by atoms with Crippen LogP contribution in [0.1, 0.15) is 5.76 Å². The first kappa shape index (κ1) is 18.2. The Morgan fingerprint density at radius 3 is 2.72 bits per heavy atom. The summed E-state index contributed by atoms with van der Waals surface area (Å²) in [5.41, 5.74) is 3.51. The normalized spacial score (nSPS) is 11.1. The van der Waals surface area contributed by atoms with Crippen LogP contribution in [0.5, 0.6) is 0 Å². The third kappa shape index (κ3) is 4.41. The monoisotopic (exact) mass is 390 g/mol.